The summed E-state index contributed by atoms with van der Waals surface area (Å²) in [5.74, 6) is -0.231. The third-order valence-corrected chi connectivity index (χ3v) is 4.63. The molecule has 1 aromatic carbocycles. The molecular weight excluding hydrogens is 247 g/mol. The van der Waals surface area contributed by atoms with Crippen molar-refractivity contribution in [2.24, 2.45) is 0 Å². The summed E-state index contributed by atoms with van der Waals surface area (Å²) in [5.41, 5.74) is 1.39. The highest BCUT2D eigenvalue weighted by atomic mass is 35.5. The van der Waals surface area contributed by atoms with Crippen molar-refractivity contribution in [1.82, 2.24) is 0 Å². The van der Waals surface area contributed by atoms with Crippen LogP contribution in [0.25, 0.3) is 0 Å². The van der Waals surface area contributed by atoms with Crippen molar-refractivity contribution in [2.75, 3.05) is 0 Å². The number of halogens is 2. The van der Waals surface area contributed by atoms with Crippen molar-refractivity contribution in [3.8, 4) is 0 Å². The molecule has 2 rings (SSSR count). The van der Waals surface area contributed by atoms with Gasteiger partial charge in [0.1, 0.15) is 5.82 Å². The van der Waals surface area contributed by atoms with Crippen molar-refractivity contribution >= 4 is 11.6 Å². The largest absolute Gasteiger partial charge is 0.207 e. The lowest BCUT2D eigenvalue weighted by Gasteiger charge is -2.38. The van der Waals surface area contributed by atoms with Gasteiger partial charge in [0.25, 0.3) is 0 Å². The fraction of sp³-hybridized carbons (Fsp3) is 0.625. The highest BCUT2D eigenvalue weighted by molar-refractivity contribution is 6.31. The zero-order chi connectivity index (χ0) is 13.0. The third-order valence-electron chi connectivity index (χ3n) is 4.32. The molecule has 1 aliphatic rings. The summed E-state index contributed by atoms with van der Waals surface area (Å²) in [4.78, 5) is 0. The van der Waals surface area contributed by atoms with Crippen molar-refractivity contribution in [1.29, 1.82) is 0 Å². The topological polar surface area (TPSA) is 0 Å². The van der Waals surface area contributed by atoms with Crippen LogP contribution in [0.15, 0.2) is 18.2 Å². The number of hydrogen-bond donors (Lipinski definition) is 0. The first-order chi connectivity index (χ1) is 8.68. The van der Waals surface area contributed by atoms with Crippen LogP contribution in [0.3, 0.4) is 0 Å². The van der Waals surface area contributed by atoms with Crippen LogP contribution in [0.2, 0.25) is 5.02 Å². The standard InChI is InChI=1S/C16H22ClF/c1-2-3-9-16(10-5-4-6-11-16)14-8-7-13(18)12-15(14)17/h7-8,12H,2-6,9-11H2,1H3. The summed E-state index contributed by atoms with van der Waals surface area (Å²) < 4.78 is 13.2. The smallest absolute Gasteiger partial charge is 0.124 e. The summed E-state index contributed by atoms with van der Waals surface area (Å²) in [6.07, 6.45) is 9.92. The molecule has 0 unspecified atom stereocenters. The van der Waals surface area contributed by atoms with E-state index in [0.717, 1.165) is 0 Å². The van der Waals surface area contributed by atoms with Crippen molar-refractivity contribution in [2.45, 2.75) is 63.7 Å². The van der Waals surface area contributed by atoms with E-state index in [1.807, 2.05) is 6.07 Å². The summed E-state index contributed by atoms with van der Waals surface area (Å²) >= 11 is 6.29. The maximum Gasteiger partial charge on any atom is 0.124 e. The molecule has 1 saturated carbocycles. The fourth-order valence-electron chi connectivity index (χ4n) is 3.32. The number of hydrogen-bond acceptors (Lipinski definition) is 0. The summed E-state index contributed by atoms with van der Waals surface area (Å²) in [6, 6.07) is 4.95. The lowest BCUT2D eigenvalue weighted by molar-refractivity contribution is 0.267. The van der Waals surface area contributed by atoms with E-state index in [1.54, 1.807) is 6.07 Å². The van der Waals surface area contributed by atoms with Gasteiger partial charge in [-0.3, -0.25) is 0 Å². The highest BCUT2D eigenvalue weighted by Crippen LogP contribution is 2.45. The molecule has 0 N–H and O–H groups in total. The Labute approximate surface area is 115 Å². The molecule has 0 aromatic heterocycles. The second-order valence-corrected chi connectivity index (χ2v) is 5.98. The van der Waals surface area contributed by atoms with E-state index < -0.39 is 0 Å². The van der Waals surface area contributed by atoms with Crippen LogP contribution in [-0.4, -0.2) is 0 Å². The van der Waals surface area contributed by atoms with E-state index in [-0.39, 0.29) is 11.2 Å². The molecule has 0 bridgehead atoms. The van der Waals surface area contributed by atoms with Crippen molar-refractivity contribution in [3.05, 3.63) is 34.6 Å². The molecule has 0 radical (unpaired) electrons. The molecule has 100 valence electrons. The van der Waals surface area contributed by atoms with Gasteiger partial charge in [0.05, 0.1) is 0 Å². The van der Waals surface area contributed by atoms with E-state index in [2.05, 4.69) is 6.92 Å². The first kappa shape index (κ1) is 13.9. The molecule has 0 aliphatic heterocycles. The number of rotatable bonds is 4. The maximum atomic E-state index is 13.2. The first-order valence-electron chi connectivity index (χ1n) is 7.13. The Morgan fingerprint density at radius 1 is 1.22 bits per heavy atom. The van der Waals surface area contributed by atoms with Crippen LogP contribution >= 0.6 is 11.6 Å². The van der Waals surface area contributed by atoms with E-state index in [1.165, 1.54) is 63.0 Å². The molecule has 1 aromatic rings. The average molecular weight is 269 g/mol. The molecule has 18 heavy (non-hydrogen) atoms. The van der Waals surface area contributed by atoms with Crippen LogP contribution in [0, 0.1) is 5.82 Å². The Bertz CT molecular complexity index is 394. The quantitative estimate of drug-likeness (QED) is 0.640. The summed E-state index contributed by atoms with van der Waals surface area (Å²) in [7, 11) is 0. The van der Waals surface area contributed by atoms with E-state index >= 15 is 0 Å². The number of benzene rings is 1. The minimum Gasteiger partial charge on any atom is -0.207 e. The van der Waals surface area contributed by atoms with Gasteiger partial charge >= 0.3 is 0 Å². The van der Waals surface area contributed by atoms with Crippen LogP contribution in [0.1, 0.15) is 63.9 Å². The van der Waals surface area contributed by atoms with Gasteiger partial charge in [-0.25, -0.2) is 4.39 Å². The third kappa shape index (κ3) is 2.88. The molecule has 0 atom stereocenters. The van der Waals surface area contributed by atoms with Crippen LogP contribution in [0.4, 0.5) is 4.39 Å². The van der Waals surface area contributed by atoms with Crippen LogP contribution in [-0.2, 0) is 5.41 Å². The average Bonchev–Trinajstić information content (AvgIpc) is 2.37. The number of unbranched alkanes of at least 4 members (excludes halogenated alkanes) is 1. The van der Waals surface area contributed by atoms with E-state index in [0.29, 0.717) is 5.02 Å². The van der Waals surface area contributed by atoms with Gasteiger partial charge in [-0.2, -0.15) is 0 Å². The zero-order valence-corrected chi connectivity index (χ0v) is 11.9. The van der Waals surface area contributed by atoms with Gasteiger partial charge in [0.15, 0.2) is 0 Å². The Hall–Kier alpha value is -0.560. The van der Waals surface area contributed by atoms with E-state index in [4.69, 9.17) is 11.6 Å². The van der Waals surface area contributed by atoms with Crippen LogP contribution < -0.4 is 0 Å². The Balaban J connectivity index is 2.32. The van der Waals surface area contributed by atoms with Gasteiger partial charge < -0.3 is 0 Å². The van der Waals surface area contributed by atoms with Gasteiger partial charge in [0.2, 0.25) is 0 Å². The monoisotopic (exact) mass is 268 g/mol. The van der Waals surface area contributed by atoms with Gasteiger partial charge in [-0.1, -0.05) is 56.7 Å². The van der Waals surface area contributed by atoms with E-state index in [9.17, 15) is 4.39 Å². The van der Waals surface area contributed by atoms with Gasteiger partial charge in [-0.05, 0) is 42.4 Å². The molecular formula is C16H22ClF. The molecule has 0 nitrogen and oxygen atoms in total. The predicted molar refractivity (Wildman–Crippen MR) is 75.7 cm³/mol. The molecule has 0 amide bonds. The lowest BCUT2D eigenvalue weighted by Crippen LogP contribution is -2.29. The minimum atomic E-state index is -0.231. The first-order valence-corrected chi connectivity index (χ1v) is 7.51. The molecule has 0 heterocycles. The highest BCUT2D eigenvalue weighted by Gasteiger charge is 2.34. The minimum absolute atomic E-state index is 0.207. The molecule has 1 aliphatic carbocycles. The summed E-state index contributed by atoms with van der Waals surface area (Å²) in [6.45, 7) is 2.22. The maximum absolute atomic E-state index is 13.2. The fourth-order valence-corrected chi connectivity index (χ4v) is 3.68. The molecule has 1 fully saturated rings. The van der Waals surface area contributed by atoms with Crippen LogP contribution in [0.5, 0.6) is 0 Å². The zero-order valence-electron chi connectivity index (χ0n) is 11.1. The van der Waals surface area contributed by atoms with Crippen molar-refractivity contribution < 1.29 is 4.39 Å². The second-order valence-electron chi connectivity index (χ2n) is 5.57. The molecule has 0 spiro atoms. The SMILES string of the molecule is CCCCC1(c2ccc(F)cc2Cl)CCCCC1. The Kier molecular flexibility index (Phi) is 4.66. The molecule has 2 heteroatoms. The summed E-state index contributed by atoms with van der Waals surface area (Å²) in [5, 5.41) is 0.619. The van der Waals surface area contributed by atoms with Gasteiger partial charge in [-0.15, -0.1) is 0 Å². The Morgan fingerprint density at radius 3 is 2.56 bits per heavy atom. The lowest BCUT2D eigenvalue weighted by atomic mass is 9.66. The predicted octanol–water partition coefficient (Wildman–Crippen LogP) is 5.87. The second kappa shape index (κ2) is 6.06. The van der Waals surface area contributed by atoms with Crippen molar-refractivity contribution in [3.63, 3.8) is 0 Å². The Morgan fingerprint density at radius 2 is 1.94 bits per heavy atom. The normalized spacial score (nSPS) is 18.8. The molecule has 0 saturated heterocycles. The van der Waals surface area contributed by atoms with Gasteiger partial charge in [0, 0.05) is 5.02 Å².